The van der Waals surface area contributed by atoms with Crippen molar-refractivity contribution in [1.29, 1.82) is 0 Å². The van der Waals surface area contributed by atoms with E-state index in [9.17, 15) is 14.4 Å². The number of nitrogens with one attached hydrogen (secondary N) is 1. The Morgan fingerprint density at radius 3 is 2.56 bits per heavy atom. The van der Waals surface area contributed by atoms with Crippen molar-refractivity contribution >= 4 is 23.1 Å². The maximum Gasteiger partial charge on any atom is 0.338 e. The molecule has 1 aliphatic rings. The van der Waals surface area contributed by atoms with Crippen LogP contribution in [0.2, 0.25) is 0 Å². The molecule has 10 heteroatoms. The van der Waals surface area contributed by atoms with Crippen molar-refractivity contribution in [2.75, 3.05) is 46.9 Å². The topological polar surface area (TPSA) is 102 Å². The van der Waals surface area contributed by atoms with Gasteiger partial charge in [-0.1, -0.05) is 13.8 Å². The van der Waals surface area contributed by atoms with E-state index in [1.807, 2.05) is 13.8 Å². The van der Waals surface area contributed by atoms with Crippen LogP contribution in [0.3, 0.4) is 0 Å². The first-order chi connectivity index (χ1) is 15.1. The van der Waals surface area contributed by atoms with E-state index in [1.54, 1.807) is 39.3 Å². The van der Waals surface area contributed by atoms with E-state index in [1.165, 1.54) is 9.47 Å². The smallest absolute Gasteiger partial charge is 0.338 e. The quantitative estimate of drug-likeness (QED) is 0.680. The molecule has 3 heterocycles. The fourth-order valence-corrected chi connectivity index (χ4v) is 4.34. The van der Waals surface area contributed by atoms with Crippen molar-refractivity contribution in [2.45, 2.75) is 39.3 Å². The van der Waals surface area contributed by atoms with Crippen LogP contribution in [0, 0.1) is 5.92 Å². The zero-order chi connectivity index (χ0) is 23.5. The van der Waals surface area contributed by atoms with Gasteiger partial charge in [-0.05, 0) is 31.4 Å². The van der Waals surface area contributed by atoms with E-state index >= 15 is 0 Å². The molecule has 1 fully saturated rings. The van der Waals surface area contributed by atoms with E-state index in [0.717, 1.165) is 17.7 Å². The van der Waals surface area contributed by atoms with Gasteiger partial charge in [0.2, 0.25) is 5.91 Å². The van der Waals surface area contributed by atoms with Crippen LogP contribution >= 0.6 is 0 Å². The van der Waals surface area contributed by atoms with Crippen molar-refractivity contribution in [3.63, 3.8) is 0 Å². The van der Waals surface area contributed by atoms with Crippen molar-refractivity contribution in [2.24, 2.45) is 5.92 Å². The van der Waals surface area contributed by atoms with Crippen LogP contribution in [0.25, 0.3) is 11.2 Å². The highest BCUT2D eigenvalue weighted by Gasteiger charge is 2.38. The molecular formula is C22H34N6O4. The average Bonchev–Trinajstić information content (AvgIpc) is 3.02. The molecule has 1 unspecified atom stereocenters. The fraction of sp³-hybridized carbons (Fsp3) is 0.636. The number of fused-ring (bicyclic) bond motifs is 1. The largest absolute Gasteiger partial charge is 0.379 e. The zero-order valence-corrected chi connectivity index (χ0v) is 19.6. The van der Waals surface area contributed by atoms with E-state index in [0.29, 0.717) is 43.9 Å². The van der Waals surface area contributed by atoms with Gasteiger partial charge in [-0.15, -0.1) is 0 Å². The van der Waals surface area contributed by atoms with E-state index in [4.69, 9.17) is 4.74 Å². The Kier molecular flexibility index (Phi) is 7.35. The highest BCUT2D eigenvalue weighted by molar-refractivity contribution is 5.94. The molecule has 1 aliphatic heterocycles. The number of imidazole rings is 1. The predicted molar refractivity (Wildman–Crippen MR) is 122 cm³/mol. The molecule has 176 valence electrons. The number of ether oxygens (including phenoxy) is 1. The highest BCUT2D eigenvalue weighted by Crippen LogP contribution is 2.20. The molecule has 2 aromatic rings. The van der Waals surface area contributed by atoms with Gasteiger partial charge in [0, 0.05) is 46.5 Å². The van der Waals surface area contributed by atoms with Gasteiger partial charge < -0.3 is 15.0 Å². The summed E-state index contributed by atoms with van der Waals surface area (Å²) in [6.45, 7) is 9.70. The summed E-state index contributed by atoms with van der Waals surface area (Å²) in [5.41, 5.74) is -0.737. The average molecular weight is 447 g/mol. The molecule has 1 atom stereocenters. The van der Waals surface area contributed by atoms with Crippen LogP contribution < -0.4 is 11.0 Å². The minimum Gasteiger partial charge on any atom is -0.379 e. The SMILES string of the molecule is CC(C)CC(C)(NC(=O)n1c(=O)n(CCN2CCOCC2)c2ncccc21)C(=O)N(C)C. The molecule has 32 heavy (non-hydrogen) atoms. The minimum absolute atomic E-state index is 0.164. The lowest BCUT2D eigenvalue weighted by Gasteiger charge is -2.33. The van der Waals surface area contributed by atoms with E-state index < -0.39 is 17.3 Å². The first kappa shape index (κ1) is 23.9. The second-order valence-electron chi connectivity index (χ2n) is 9.13. The molecule has 2 amide bonds. The third-order valence-electron chi connectivity index (χ3n) is 5.71. The highest BCUT2D eigenvalue weighted by atomic mass is 16.5. The van der Waals surface area contributed by atoms with Crippen LogP contribution in [0.5, 0.6) is 0 Å². The third kappa shape index (κ3) is 5.02. The third-order valence-corrected chi connectivity index (χ3v) is 5.71. The Morgan fingerprint density at radius 1 is 1.25 bits per heavy atom. The summed E-state index contributed by atoms with van der Waals surface area (Å²) in [5.74, 6) is -0.0563. The number of aromatic nitrogens is 3. The molecule has 0 radical (unpaired) electrons. The van der Waals surface area contributed by atoms with Gasteiger partial charge in [0.15, 0.2) is 5.65 Å². The number of nitrogens with zero attached hydrogens (tertiary/aromatic N) is 5. The van der Waals surface area contributed by atoms with Gasteiger partial charge >= 0.3 is 11.7 Å². The van der Waals surface area contributed by atoms with Crippen LogP contribution in [-0.4, -0.2) is 88.3 Å². The number of hydrogen-bond donors (Lipinski definition) is 1. The summed E-state index contributed by atoms with van der Waals surface area (Å²) in [6, 6.07) is 2.76. The van der Waals surface area contributed by atoms with Crippen molar-refractivity contribution in [1.82, 2.24) is 29.2 Å². The molecule has 0 saturated carbocycles. The van der Waals surface area contributed by atoms with Gasteiger partial charge in [0.25, 0.3) is 0 Å². The zero-order valence-electron chi connectivity index (χ0n) is 19.6. The second-order valence-corrected chi connectivity index (χ2v) is 9.13. The number of carbonyl (C=O) groups excluding carboxylic acids is 2. The van der Waals surface area contributed by atoms with E-state index in [-0.39, 0.29) is 11.8 Å². The number of likely N-dealkylation sites (N-methyl/N-ethyl adjacent to an activating group) is 1. The van der Waals surface area contributed by atoms with Gasteiger partial charge in [0.05, 0.1) is 18.7 Å². The van der Waals surface area contributed by atoms with Crippen LogP contribution in [0.15, 0.2) is 23.1 Å². The standard InChI is InChI=1S/C22H34N6O4/c1-16(2)15-22(3,19(29)25(4)5)24-20(30)28-17-7-6-8-23-18(17)27(21(28)31)10-9-26-11-13-32-14-12-26/h6-8,16H,9-15H2,1-5H3,(H,24,30). The minimum atomic E-state index is -1.14. The predicted octanol–water partition coefficient (Wildman–Crippen LogP) is 0.981. The summed E-state index contributed by atoms with van der Waals surface area (Å²) >= 11 is 0. The molecule has 1 saturated heterocycles. The fourth-order valence-electron chi connectivity index (χ4n) is 4.34. The van der Waals surface area contributed by atoms with Crippen molar-refractivity contribution in [3.8, 4) is 0 Å². The summed E-state index contributed by atoms with van der Waals surface area (Å²) in [7, 11) is 3.31. The van der Waals surface area contributed by atoms with Gasteiger partial charge in [-0.2, -0.15) is 0 Å². The van der Waals surface area contributed by atoms with Crippen molar-refractivity contribution in [3.05, 3.63) is 28.8 Å². The Labute approximate surface area is 188 Å². The molecule has 1 N–H and O–H groups in total. The Bertz CT molecular complexity index is 1020. The van der Waals surface area contributed by atoms with Crippen molar-refractivity contribution < 1.29 is 14.3 Å². The molecule has 2 aromatic heterocycles. The van der Waals surface area contributed by atoms with E-state index in [2.05, 4.69) is 15.2 Å². The molecule has 10 nitrogen and oxygen atoms in total. The van der Waals surface area contributed by atoms with Gasteiger partial charge in [0.1, 0.15) is 5.54 Å². The lowest BCUT2D eigenvalue weighted by atomic mass is 9.89. The summed E-state index contributed by atoms with van der Waals surface area (Å²) in [4.78, 5) is 47.6. The maximum atomic E-state index is 13.3. The Balaban J connectivity index is 1.93. The van der Waals surface area contributed by atoms with Gasteiger partial charge in [-0.25, -0.2) is 19.1 Å². The first-order valence-electron chi connectivity index (χ1n) is 11.0. The van der Waals surface area contributed by atoms with Crippen LogP contribution in [0.4, 0.5) is 4.79 Å². The molecule has 0 spiro atoms. The molecule has 0 aliphatic carbocycles. The normalized spacial score (nSPS) is 16.8. The Morgan fingerprint density at radius 2 is 1.94 bits per heavy atom. The number of amides is 2. The summed E-state index contributed by atoms with van der Waals surface area (Å²) in [6.07, 6.45) is 2.05. The maximum absolute atomic E-state index is 13.3. The molecular weight excluding hydrogens is 412 g/mol. The first-order valence-corrected chi connectivity index (χ1v) is 11.0. The number of rotatable bonds is 7. The monoisotopic (exact) mass is 446 g/mol. The summed E-state index contributed by atoms with van der Waals surface area (Å²) in [5, 5.41) is 2.84. The lowest BCUT2D eigenvalue weighted by Crippen LogP contribution is -2.58. The summed E-state index contributed by atoms with van der Waals surface area (Å²) < 4.78 is 7.99. The van der Waals surface area contributed by atoms with Crippen LogP contribution in [-0.2, 0) is 16.1 Å². The second kappa shape index (κ2) is 9.83. The number of carbonyl (C=O) groups is 2. The van der Waals surface area contributed by atoms with Gasteiger partial charge in [-0.3, -0.25) is 14.3 Å². The molecule has 0 bridgehead atoms. The lowest BCUT2D eigenvalue weighted by molar-refractivity contribution is -0.135. The molecule has 0 aromatic carbocycles. The number of morpholine rings is 1. The number of pyridine rings is 1. The number of hydrogen-bond acceptors (Lipinski definition) is 6. The van der Waals surface area contributed by atoms with Crippen LogP contribution in [0.1, 0.15) is 27.2 Å². The molecule has 3 rings (SSSR count). The Hall–Kier alpha value is -2.72.